The zero-order valence-corrected chi connectivity index (χ0v) is 12.6. The van der Waals surface area contributed by atoms with E-state index in [2.05, 4.69) is 9.82 Å². The van der Waals surface area contributed by atoms with Crippen LogP contribution in [0, 0.1) is 0 Å². The van der Waals surface area contributed by atoms with E-state index in [0.29, 0.717) is 19.6 Å². The van der Waals surface area contributed by atoms with Gasteiger partial charge >= 0.3 is 0 Å². The molecular weight excluding hydrogens is 266 g/mol. The second kappa shape index (κ2) is 6.88. The van der Waals surface area contributed by atoms with Crippen LogP contribution in [0.5, 0.6) is 0 Å². The average Bonchev–Trinajstić information content (AvgIpc) is 2.71. The Balaban J connectivity index is 2.71. The molecule has 8 heteroatoms. The predicted octanol–water partition coefficient (Wildman–Crippen LogP) is 0.105. The third kappa shape index (κ3) is 4.48. The van der Waals surface area contributed by atoms with Gasteiger partial charge in [-0.05, 0) is 20.0 Å². The van der Waals surface area contributed by atoms with Gasteiger partial charge in [-0.3, -0.25) is 4.68 Å². The molecule has 1 heterocycles. The highest BCUT2D eigenvalue weighted by atomic mass is 32.2. The van der Waals surface area contributed by atoms with Gasteiger partial charge in [-0.2, -0.15) is 5.10 Å². The largest absolute Gasteiger partial charge is 0.381 e. The summed E-state index contributed by atoms with van der Waals surface area (Å²) in [5.41, 5.74) is 5.65. The minimum atomic E-state index is -3.58. The molecule has 1 aromatic rings. The Bertz CT molecular complexity index is 497. The van der Waals surface area contributed by atoms with Gasteiger partial charge in [-0.25, -0.2) is 13.1 Å². The Morgan fingerprint density at radius 1 is 1.47 bits per heavy atom. The van der Waals surface area contributed by atoms with Crippen molar-refractivity contribution >= 4 is 15.8 Å². The predicted molar refractivity (Wildman–Crippen MR) is 75.3 cm³/mol. The van der Waals surface area contributed by atoms with Gasteiger partial charge in [-0.15, -0.1) is 0 Å². The van der Waals surface area contributed by atoms with E-state index in [1.165, 1.54) is 6.20 Å². The molecule has 3 N–H and O–H groups in total. The molecular formula is C11H23N5O2S. The molecule has 0 bridgehead atoms. The molecule has 0 saturated carbocycles. The fourth-order valence-corrected chi connectivity index (χ4v) is 2.67. The second-order valence-electron chi connectivity index (χ2n) is 4.44. The quantitative estimate of drug-likeness (QED) is 0.708. The molecule has 7 nitrogen and oxygen atoms in total. The van der Waals surface area contributed by atoms with E-state index in [4.69, 9.17) is 5.73 Å². The first-order chi connectivity index (χ1) is 8.90. The average molecular weight is 289 g/mol. The third-order valence-electron chi connectivity index (χ3n) is 2.82. The number of anilines is 1. The third-order valence-corrected chi connectivity index (χ3v) is 4.30. The van der Waals surface area contributed by atoms with Gasteiger partial charge in [0, 0.05) is 25.8 Å². The van der Waals surface area contributed by atoms with Crippen LogP contribution in [0.15, 0.2) is 11.1 Å². The summed E-state index contributed by atoms with van der Waals surface area (Å²) in [5.74, 6) is 0.0461. The molecule has 0 saturated heterocycles. The highest BCUT2D eigenvalue weighted by Crippen LogP contribution is 2.15. The number of nitrogen functional groups attached to an aromatic ring is 1. The van der Waals surface area contributed by atoms with Gasteiger partial charge in [0.15, 0.2) is 5.82 Å². The van der Waals surface area contributed by atoms with Crippen LogP contribution >= 0.6 is 0 Å². The molecule has 1 rings (SSSR count). The van der Waals surface area contributed by atoms with Crippen LogP contribution in [-0.4, -0.2) is 49.8 Å². The Labute approximate surface area is 114 Å². The Morgan fingerprint density at radius 3 is 2.74 bits per heavy atom. The molecule has 19 heavy (non-hydrogen) atoms. The highest BCUT2D eigenvalue weighted by Gasteiger charge is 2.20. The molecule has 0 amide bonds. The SMILES string of the molecule is CCCn1cc(S(=O)(=O)NCCN(C)CC)c(N)n1. The van der Waals surface area contributed by atoms with Crippen molar-refractivity contribution in [2.75, 3.05) is 32.4 Å². The van der Waals surface area contributed by atoms with Crippen molar-refractivity contribution in [2.45, 2.75) is 31.7 Å². The molecule has 0 aromatic carbocycles. The van der Waals surface area contributed by atoms with Crippen LogP contribution in [0.1, 0.15) is 20.3 Å². The van der Waals surface area contributed by atoms with E-state index in [9.17, 15) is 8.42 Å². The van der Waals surface area contributed by atoms with Gasteiger partial charge in [0.1, 0.15) is 4.90 Å². The first-order valence-electron chi connectivity index (χ1n) is 6.41. The van der Waals surface area contributed by atoms with E-state index in [-0.39, 0.29) is 10.7 Å². The number of sulfonamides is 1. The number of likely N-dealkylation sites (N-methyl/N-ethyl adjacent to an activating group) is 1. The number of nitrogens with one attached hydrogen (secondary N) is 1. The van der Waals surface area contributed by atoms with Crippen LogP contribution in [0.3, 0.4) is 0 Å². The van der Waals surface area contributed by atoms with E-state index in [0.717, 1.165) is 13.0 Å². The standard InChI is InChI=1S/C11H23N5O2S/c1-4-7-16-9-10(11(12)14-16)19(17,18)13-6-8-15(3)5-2/h9,13H,4-8H2,1-3H3,(H2,12,14). The number of nitrogens with zero attached hydrogens (tertiary/aromatic N) is 3. The number of rotatable bonds is 8. The smallest absolute Gasteiger partial charge is 0.245 e. The summed E-state index contributed by atoms with van der Waals surface area (Å²) in [6, 6.07) is 0. The highest BCUT2D eigenvalue weighted by molar-refractivity contribution is 7.89. The Kier molecular flexibility index (Phi) is 5.77. The molecule has 0 unspecified atom stereocenters. The Hall–Kier alpha value is -1.12. The lowest BCUT2D eigenvalue weighted by Gasteiger charge is -2.13. The molecule has 110 valence electrons. The molecule has 1 aromatic heterocycles. The van der Waals surface area contributed by atoms with Gasteiger partial charge in [0.25, 0.3) is 0 Å². The summed E-state index contributed by atoms with van der Waals surface area (Å²) < 4.78 is 28.2. The van der Waals surface area contributed by atoms with E-state index >= 15 is 0 Å². The minimum absolute atomic E-state index is 0.0461. The number of hydrogen-bond donors (Lipinski definition) is 2. The monoisotopic (exact) mass is 289 g/mol. The summed E-state index contributed by atoms with van der Waals surface area (Å²) in [5, 5.41) is 3.99. The van der Waals surface area contributed by atoms with Crippen LogP contribution < -0.4 is 10.5 Å². The van der Waals surface area contributed by atoms with E-state index < -0.39 is 10.0 Å². The van der Waals surface area contributed by atoms with Crippen molar-refractivity contribution in [3.8, 4) is 0 Å². The molecule has 0 fully saturated rings. The maximum Gasteiger partial charge on any atom is 0.245 e. The molecule has 0 aliphatic rings. The lowest BCUT2D eigenvalue weighted by molar-refractivity contribution is 0.358. The molecule has 0 aliphatic heterocycles. The zero-order chi connectivity index (χ0) is 14.5. The number of aryl methyl sites for hydroxylation is 1. The van der Waals surface area contributed by atoms with Crippen LogP contribution in [0.4, 0.5) is 5.82 Å². The van der Waals surface area contributed by atoms with E-state index in [1.54, 1.807) is 4.68 Å². The lowest BCUT2D eigenvalue weighted by Crippen LogP contribution is -2.33. The number of nitrogens with two attached hydrogens (primary N) is 1. The van der Waals surface area contributed by atoms with Crippen molar-refractivity contribution in [2.24, 2.45) is 0 Å². The fourth-order valence-electron chi connectivity index (χ4n) is 1.58. The summed E-state index contributed by atoms with van der Waals surface area (Å²) in [4.78, 5) is 2.08. The summed E-state index contributed by atoms with van der Waals surface area (Å²) in [6.45, 7) is 6.53. The van der Waals surface area contributed by atoms with E-state index in [1.807, 2.05) is 25.8 Å². The lowest BCUT2D eigenvalue weighted by atomic mass is 10.5. The minimum Gasteiger partial charge on any atom is -0.381 e. The van der Waals surface area contributed by atoms with Crippen molar-refractivity contribution in [1.29, 1.82) is 0 Å². The maximum atomic E-state index is 12.1. The van der Waals surface area contributed by atoms with Gasteiger partial charge in [-0.1, -0.05) is 13.8 Å². The first-order valence-corrected chi connectivity index (χ1v) is 7.90. The molecule has 0 atom stereocenters. The Morgan fingerprint density at radius 2 is 2.16 bits per heavy atom. The summed E-state index contributed by atoms with van der Waals surface area (Å²) in [6.07, 6.45) is 2.35. The van der Waals surface area contributed by atoms with Crippen molar-refractivity contribution in [3.05, 3.63) is 6.20 Å². The summed E-state index contributed by atoms with van der Waals surface area (Å²) in [7, 11) is -1.64. The van der Waals surface area contributed by atoms with Crippen molar-refractivity contribution < 1.29 is 8.42 Å². The molecule has 0 radical (unpaired) electrons. The van der Waals surface area contributed by atoms with Crippen LogP contribution in [0.25, 0.3) is 0 Å². The van der Waals surface area contributed by atoms with Crippen molar-refractivity contribution in [1.82, 2.24) is 19.4 Å². The molecule has 0 aliphatic carbocycles. The second-order valence-corrected chi connectivity index (χ2v) is 6.17. The van der Waals surface area contributed by atoms with Crippen LogP contribution in [0.2, 0.25) is 0 Å². The zero-order valence-electron chi connectivity index (χ0n) is 11.8. The molecule has 0 spiro atoms. The normalized spacial score (nSPS) is 12.2. The van der Waals surface area contributed by atoms with Crippen LogP contribution in [-0.2, 0) is 16.6 Å². The topological polar surface area (TPSA) is 93.2 Å². The fraction of sp³-hybridized carbons (Fsp3) is 0.727. The summed E-state index contributed by atoms with van der Waals surface area (Å²) >= 11 is 0. The van der Waals surface area contributed by atoms with Gasteiger partial charge in [0.2, 0.25) is 10.0 Å². The first kappa shape index (κ1) is 15.9. The number of hydrogen-bond acceptors (Lipinski definition) is 5. The van der Waals surface area contributed by atoms with Gasteiger partial charge in [0.05, 0.1) is 0 Å². The van der Waals surface area contributed by atoms with Gasteiger partial charge < -0.3 is 10.6 Å². The number of aromatic nitrogens is 2. The maximum absolute atomic E-state index is 12.1. The van der Waals surface area contributed by atoms with Crippen molar-refractivity contribution in [3.63, 3.8) is 0 Å².